The number of phenolic OH excluding ortho intramolecular Hbond substituents is 1. The van der Waals surface area contributed by atoms with Gasteiger partial charge in [-0.1, -0.05) is 88.3 Å². The minimum Gasteiger partial charge on any atom is -1.00 e. The molecule has 0 aromatic heterocycles. The van der Waals surface area contributed by atoms with Crippen LogP contribution in [0.4, 0.5) is 0 Å². The van der Waals surface area contributed by atoms with Gasteiger partial charge in [0.25, 0.3) is 6.47 Å². The Bertz CT molecular complexity index is 1120. The van der Waals surface area contributed by atoms with Crippen LogP contribution in [0.25, 0.3) is 0 Å². The van der Waals surface area contributed by atoms with Crippen molar-refractivity contribution in [1.82, 2.24) is 0 Å². The predicted octanol–water partition coefficient (Wildman–Crippen LogP) is 3.50. The molecule has 0 atom stereocenters. The second-order valence-electron chi connectivity index (χ2n) is 9.76. The Balaban J connectivity index is -0.000000319. The molecule has 0 aliphatic heterocycles. The smallest absolute Gasteiger partial charge is 1.00 e. The van der Waals surface area contributed by atoms with Gasteiger partial charge in [0.2, 0.25) is 0 Å². The maximum atomic E-state index is 8.91. The third kappa shape index (κ3) is 22.1. The molecule has 0 radical (unpaired) electrons. The summed E-state index contributed by atoms with van der Waals surface area (Å²) >= 11 is 18.3. The Morgan fingerprint density at radius 2 is 1.02 bits per heavy atom. The third-order valence-electron chi connectivity index (χ3n) is 7.20. The van der Waals surface area contributed by atoms with Gasteiger partial charge in [0.1, 0.15) is 25.3 Å². The molecule has 15 heteroatoms. The maximum Gasteiger partial charge on any atom is 1.00 e. The molecule has 248 valence electrons. The van der Waals surface area contributed by atoms with Crippen LogP contribution in [0.2, 0.25) is 24.2 Å². The standard InChI is InChI=1S/C18H22I2O2Si.C6H14Cl2Si.C6H5IO.CH2O3.2K.H/c1-3-23(4-2,13-21-17-11-7-5-9-15(17)19)14-22-18-12-8-6-10-16(18)20;1-3-9(4-2,5-7)6-8;7-5-3-1-2-4-6(5)8;2-1-4-3;;;/h5-12H,3-4,13-14H2,1-2H3;3-6H2,1-2H3;1-4,8H;1,3H;;;/q;;;;2*+1;-1/p-1. The van der Waals surface area contributed by atoms with Crippen LogP contribution in [0.5, 0.6) is 17.2 Å². The molecule has 1 N–H and O–H groups in total. The monoisotopic (exact) mass is 1100 g/mol. The summed E-state index contributed by atoms with van der Waals surface area (Å²) < 4.78 is 15.6. The third-order valence-corrected chi connectivity index (χ3v) is 21.9. The van der Waals surface area contributed by atoms with E-state index in [0.29, 0.717) is 5.75 Å². The zero-order chi connectivity index (χ0) is 33.4. The van der Waals surface area contributed by atoms with Gasteiger partial charge in [0.05, 0.1) is 31.2 Å². The molecule has 0 saturated carbocycles. The Hall–Kier alpha value is 2.97. The van der Waals surface area contributed by atoms with Crippen molar-refractivity contribution in [2.45, 2.75) is 51.9 Å². The van der Waals surface area contributed by atoms with Crippen molar-refractivity contribution < 1.29 is 134 Å². The van der Waals surface area contributed by atoms with E-state index in [0.717, 1.165) is 50.6 Å². The van der Waals surface area contributed by atoms with Gasteiger partial charge in [-0.25, -0.2) is 0 Å². The molecule has 0 fully saturated rings. The van der Waals surface area contributed by atoms with Gasteiger partial charge in [0, 0.05) is 11.0 Å². The number of aromatic hydroxyl groups is 1. The van der Waals surface area contributed by atoms with Crippen LogP contribution in [0.15, 0.2) is 72.8 Å². The van der Waals surface area contributed by atoms with Crippen molar-refractivity contribution in [1.29, 1.82) is 0 Å². The SMILES string of the molecule is CC[Si](CC)(CCl)CCl.CC[Si](CC)(COc1ccccc1I)COc1ccccc1I.O=CO[O-].Oc1ccccc1I.[H-].[K+].[K+]. The summed E-state index contributed by atoms with van der Waals surface area (Å²) in [4.78, 5) is 11.2. The zero-order valence-corrected chi connectivity index (χ0v) is 43.8. The molecule has 46 heavy (non-hydrogen) atoms. The average molecular weight is 1100 g/mol. The number of hydrogen-bond donors (Lipinski definition) is 1. The Labute approximate surface area is 415 Å². The summed E-state index contributed by atoms with van der Waals surface area (Å²) in [5, 5.41) is 17.3. The van der Waals surface area contributed by atoms with Crippen molar-refractivity contribution in [3.63, 3.8) is 0 Å². The van der Waals surface area contributed by atoms with Gasteiger partial charge >= 0.3 is 103 Å². The summed E-state index contributed by atoms with van der Waals surface area (Å²) in [5.41, 5.74) is 1.65. The fourth-order valence-electron chi connectivity index (χ4n) is 3.40. The molecule has 0 aliphatic rings. The molecular weight excluding hydrogens is 1050 g/mol. The van der Waals surface area contributed by atoms with Crippen molar-refractivity contribution in [3.8, 4) is 17.2 Å². The van der Waals surface area contributed by atoms with Crippen LogP contribution in [0, 0.1) is 10.7 Å². The summed E-state index contributed by atoms with van der Waals surface area (Å²) in [6.07, 6.45) is 1.62. The number of carbonyl (C=O) groups excluding carboxylic acids is 1. The minimum absolute atomic E-state index is 0. The molecule has 0 spiro atoms. The van der Waals surface area contributed by atoms with E-state index in [9.17, 15) is 0 Å². The van der Waals surface area contributed by atoms with Crippen molar-refractivity contribution in [2.24, 2.45) is 0 Å². The molecule has 0 bridgehead atoms. The van der Waals surface area contributed by atoms with Crippen LogP contribution >= 0.6 is 91.0 Å². The average Bonchev–Trinajstić information content (AvgIpc) is 3.06. The van der Waals surface area contributed by atoms with Gasteiger partial charge < -0.3 is 26.2 Å². The number of rotatable bonds is 13. The molecule has 0 heterocycles. The molecule has 6 nitrogen and oxygen atoms in total. The molecule has 0 amide bonds. The van der Waals surface area contributed by atoms with E-state index in [-0.39, 0.29) is 111 Å². The van der Waals surface area contributed by atoms with E-state index < -0.39 is 16.1 Å². The number of alkyl halides is 2. The number of benzene rings is 3. The van der Waals surface area contributed by atoms with Crippen LogP contribution in [0.3, 0.4) is 0 Å². The molecule has 0 aliphatic carbocycles. The van der Waals surface area contributed by atoms with Gasteiger partial charge in [-0.2, -0.15) is 0 Å². The largest absolute Gasteiger partial charge is 1.00 e. The molecular formula is C31H43Cl2I3K2O6Si2. The predicted molar refractivity (Wildman–Crippen MR) is 213 cm³/mol. The first-order valence-electron chi connectivity index (χ1n) is 14.1. The zero-order valence-electron chi connectivity index (χ0n) is 28.5. The summed E-state index contributed by atoms with van der Waals surface area (Å²) in [6, 6.07) is 28.4. The van der Waals surface area contributed by atoms with Crippen molar-refractivity contribution in [2.75, 3.05) is 23.5 Å². The quantitative estimate of drug-likeness (QED) is 0.0706. The molecule has 3 aromatic carbocycles. The number of phenols is 1. The van der Waals surface area contributed by atoms with E-state index >= 15 is 0 Å². The summed E-state index contributed by atoms with van der Waals surface area (Å²) in [5.74, 6) is 2.33. The van der Waals surface area contributed by atoms with Gasteiger partial charge in [-0.05, 0) is 104 Å². The molecule has 0 saturated heterocycles. The fourth-order valence-corrected chi connectivity index (χ4v) is 11.6. The number of ether oxygens (including phenoxy) is 2. The second-order valence-corrected chi connectivity index (χ2v) is 24.8. The Kier molecular flexibility index (Phi) is 37.8. The normalized spacial score (nSPS) is 10.0. The van der Waals surface area contributed by atoms with E-state index in [2.05, 4.69) is 112 Å². The van der Waals surface area contributed by atoms with E-state index in [1.807, 2.05) is 48.5 Å². The van der Waals surface area contributed by atoms with Gasteiger partial charge in [0.15, 0.2) is 0 Å². The van der Waals surface area contributed by atoms with Crippen LogP contribution in [-0.4, -0.2) is 51.2 Å². The first-order chi connectivity index (χ1) is 21.1. The fraction of sp³-hybridized carbons (Fsp3) is 0.387. The number of halogens is 5. The Morgan fingerprint density at radius 1 is 0.696 bits per heavy atom. The summed E-state index contributed by atoms with van der Waals surface area (Å²) in [7, 11) is -2.77. The van der Waals surface area contributed by atoms with Crippen LogP contribution in [0.1, 0.15) is 29.1 Å². The maximum absolute atomic E-state index is 8.91. The summed E-state index contributed by atoms with van der Waals surface area (Å²) in [6.45, 7) is 8.75. The van der Waals surface area contributed by atoms with Crippen molar-refractivity contribution in [3.05, 3.63) is 83.5 Å². The Morgan fingerprint density at radius 3 is 1.24 bits per heavy atom. The molecule has 3 rings (SSSR count). The number of hydrogen-bond acceptors (Lipinski definition) is 6. The minimum atomic E-state index is -1.61. The molecule has 0 unspecified atom stereocenters. The van der Waals surface area contributed by atoms with E-state index in [4.69, 9.17) is 47.8 Å². The van der Waals surface area contributed by atoms with Crippen LogP contribution < -0.4 is 118 Å². The van der Waals surface area contributed by atoms with Gasteiger partial charge in [-0.15, -0.1) is 23.2 Å². The van der Waals surface area contributed by atoms with E-state index in [1.165, 1.54) is 19.2 Å². The number of para-hydroxylation sites is 3. The van der Waals surface area contributed by atoms with Gasteiger partial charge in [-0.3, -0.25) is 4.79 Å². The van der Waals surface area contributed by atoms with E-state index in [1.54, 1.807) is 12.1 Å². The second kappa shape index (κ2) is 32.6. The first-order valence-corrected chi connectivity index (χ1v) is 24.0. The van der Waals surface area contributed by atoms with Crippen molar-refractivity contribution >= 4 is 114 Å². The topological polar surface area (TPSA) is 88.1 Å². The van der Waals surface area contributed by atoms with Crippen LogP contribution in [-0.2, 0) is 9.68 Å². The number of carbonyl (C=O) groups is 1. The molecule has 3 aromatic rings. The first kappa shape index (κ1) is 53.3.